The van der Waals surface area contributed by atoms with E-state index in [0.717, 1.165) is 56.6 Å². The number of amides is 1. The Bertz CT molecular complexity index is 803. The number of carbonyl (C=O) groups is 1. The molecule has 4 heterocycles. The first-order valence-electron chi connectivity index (χ1n) is 9.50. The smallest absolute Gasteiger partial charge is 0.266 e. The van der Waals surface area contributed by atoms with Crippen LogP contribution in [0, 0.1) is 5.41 Å². The third-order valence-corrected chi connectivity index (χ3v) is 5.91. The summed E-state index contributed by atoms with van der Waals surface area (Å²) in [5.41, 5.74) is 0.779. The van der Waals surface area contributed by atoms with Crippen LogP contribution < -0.4 is 4.90 Å². The molecule has 136 valence electrons. The van der Waals surface area contributed by atoms with Gasteiger partial charge in [-0.05, 0) is 48.9 Å². The van der Waals surface area contributed by atoms with Crippen LogP contribution in [0.4, 0.5) is 5.95 Å². The Morgan fingerprint density at radius 1 is 1.27 bits per heavy atom. The fraction of sp³-hybridized carbons (Fsp3) is 0.579. The lowest BCUT2D eigenvalue weighted by molar-refractivity contribution is -0.145. The van der Waals surface area contributed by atoms with Crippen LogP contribution in [0.3, 0.4) is 0 Å². The summed E-state index contributed by atoms with van der Waals surface area (Å²) in [5, 5.41) is 4.16. The number of rotatable bonds is 4. The van der Waals surface area contributed by atoms with Crippen molar-refractivity contribution in [2.45, 2.75) is 44.6 Å². The van der Waals surface area contributed by atoms with Crippen molar-refractivity contribution in [3.05, 3.63) is 36.0 Å². The lowest BCUT2D eigenvalue weighted by Crippen LogP contribution is -2.49. The fourth-order valence-electron chi connectivity index (χ4n) is 4.29. The first-order valence-corrected chi connectivity index (χ1v) is 9.50. The number of anilines is 1. The van der Waals surface area contributed by atoms with Gasteiger partial charge in [0.25, 0.3) is 5.95 Å². The van der Waals surface area contributed by atoms with Crippen molar-refractivity contribution in [3.8, 4) is 0 Å². The van der Waals surface area contributed by atoms with Gasteiger partial charge in [-0.3, -0.25) is 9.78 Å². The number of carbonyl (C=O) groups excluding carboxylic acids is 1. The monoisotopic (exact) mass is 353 g/mol. The predicted molar refractivity (Wildman–Crippen MR) is 94.4 cm³/mol. The van der Waals surface area contributed by atoms with Crippen LogP contribution in [0.2, 0.25) is 0 Å². The maximum Gasteiger partial charge on any atom is 0.266 e. The Kier molecular flexibility index (Phi) is 3.69. The molecule has 26 heavy (non-hydrogen) atoms. The maximum atomic E-state index is 13.3. The van der Waals surface area contributed by atoms with Crippen LogP contribution in [-0.2, 0) is 11.3 Å². The number of aromatic nitrogens is 3. The molecule has 1 saturated carbocycles. The molecule has 3 fully saturated rings. The largest absolute Gasteiger partial charge is 0.338 e. The lowest BCUT2D eigenvalue weighted by atomic mass is 9.78. The molecule has 2 saturated heterocycles. The second-order valence-electron chi connectivity index (χ2n) is 7.85. The average Bonchev–Trinajstić information content (AvgIpc) is 3.24. The standard InChI is InChI=1S/C19H23N5O2/c25-17-19(6-2-9-23(17)12-14-3-1-8-20-11-14)7-10-24(13-19)18-21-16(26-22-18)15-4-5-15/h1,3,8,11,15H,2,4-7,9-10,12-13H2. The van der Waals surface area contributed by atoms with E-state index in [-0.39, 0.29) is 11.3 Å². The predicted octanol–water partition coefficient (Wildman–Crippen LogP) is 2.36. The normalized spacial score (nSPS) is 26.1. The minimum absolute atomic E-state index is 0.265. The number of nitrogens with zero attached hydrogens (tertiary/aromatic N) is 5. The second kappa shape index (κ2) is 6.07. The van der Waals surface area contributed by atoms with Gasteiger partial charge < -0.3 is 14.3 Å². The van der Waals surface area contributed by atoms with E-state index in [0.29, 0.717) is 25.0 Å². The van der Waals surface area contributed by atoms with Crippen molar-refractivity contribution in [2.75, 3.05) is 24.5 Å². The van der Waals surface area contributed by atoms with Gasteiger partial charge >= 0.3 is 0 Å². The zero-order chi connectivity index (χ0) is 17.6. The molecule has 2 aliphatic heterocycles. The minimum Gasteiger partial charge on any atom is -0.338 e. The first-order chi connectivity index (χ1) is 12.7. The highest BCUT2D eigenvalue weighted by Gasteiger charge is 2.49. The summed E-state index contributed by atoms with van der Waals surface area (Å²) in [6.07, 6.45) is 8.74. The number of pyridine rings is 1. The van der Waals surface area contributed by atoms with Crippen LogP contribution in [0.5, 0.6) is 0 Å². The van der Waals surface area contributed by atoms with Gasteiger partial charge in [0.1, 0.15) is 0 Å². The van der Waals surface area contributed by atoms with Crippen LogP contribution in [-0.4, -0.2) is 45.6 Å². The zero-order valence-corrected chi connectivity index (χ0v) is 14.8. The van der Waals surface area contributed by atoms with E-state index in [4.69, 9.17) is 4.52 Å². The molecular weight excluding hydrogens is 330 g/mol. The van der Waals surface area contributed by atoms with E-state index >= 15 is 0 Å². The van der Waals surface area contributed by atoms with Crippen molar-refractivity contribution >= 4 is 11.9 Å². The quantitative estimate of drug-likeness (QED) is 0.840. The zero-order valence-electron chi connectivity index (χ0n) is 14.8. The van der Waals surface area contributed by atoms with E-state index in [1.165, 1.54) is 0 Å². The molecule has 1 aliphatic carbocycles. The van der Waals surface area contributed by atoms with Crippen molar-refractivity contribution in [3.63, 3.8) is 0 Å². The number of piperidine rings is 1. The van der Waals surface area contributed by atoms with Crippen LogP contribution in [0.1, 0.15) is 49.5 Å². The van der Waals surface area contributed by atoms with Gasteiger partial charge in [0.2, 0.25) is 11.8 Å². The SMILES string of the molecule is O=C1N(Cc2cccnc2)CCCC12CCN(c1noc(C3CC3)n1)C2. The van der Waals surface area contributed by atoms with Crippen molar-refractivity contribution in [2.24, 2.45) is 5.41 Å². The summed E-state index contributed by atoms with van der Waals surface area (Å²) in [6.45, 7) is 2.97. The summed E-state index contributed by atoms with van der Waals surface area (Å²) in [7, 11) is 0. The Morgan fingerprint density at radius 3 is 3.00 bits per heavy atom. The molecule has 5 rings (SSSR count). The van der Waals surface area contributed by atoms with E-state index in [1.807, 2.05) is 23.2 Å². The van der Waals surface area contributed by atoms with Gasteiger partial charge in [0.15, 0.2) is 0 Å². The van der Waals surface area contributed by atoms with Gasteiger partial charge in [-0.2, -0.15) is 4.98 Å². The molecule has 3 aliphatic rings. The number of hydrogen-bond donors (Lipinski definition) is 0. The van der Waals surface area contributed by atoms with E-state index in [2.05, 4.69) is 20.0 Å². The summed E-state index contributed by atoms with van der Waals surface area (Å²) < 4.78 is 5.40. The molecule has 1 unspecified atom stereocenters. The summed E-state index contributed by atoms with van der Waals surface area (Å²) in [5.74, 6) is 2.13. The second-order valence-corrected chi connectivity index (χ2v) is 7.85. The minimum atomic E-state index is -0.305. The highest BCUT2D eigenvalue weighted by atomic mass is 16.5. The molecule has 2 aromatic heterocycles. The van der Waals surface area contributed by atoms with Gasteiger partial charge in [-0.15, -0.1) is 0 Å². The third kappa shape index (κ3) is 2.75. The number of likely N-dealkylation sites (tertiary alicyclic amines) is 1. The maximum absolute atomic E-state index is 13.3. The third-order valence-electron chi connectivity index (χ3n) is 5.91. The summed E-state index contributed by atoms with van der Waals surface area (Å²) in [6, 6.07) is 3.95. The van der Waals surface area contributed by atoms with Crippen molar-refractivity contribution in [1.82, 2.24) is 20.0 Å². The van der Waals surface area contributed by atoms with Gasteiger partial charge in [-0.1, -0.05) is 6.07 Å². The first kappa shape index (κ1) is 15.8. The average molecular weight is 353 g/mol. The molecule has 0 aromatic carbocycles. The molecule has 0 radical (unpaired) electrons. The topological polar surface area (TPSA) is 75.4 Å². The molecule has 1 spiro atoms. The Morgan fingerprint density at radius 2 is 2.19 bits per heavy atom. The number of hydrogen-bond acceptors (Lipinski definition) is 6. The molecule has 7 nitrogen and oxygen atoms in total. The van der Waals surface area contributed by atoms with Crippen LogP contribution in [0.15, 0.2) is 29.0 Å². The van der Waals surface area contributed by atoms with E-state index in [9.17, 15) is 4.79 Å². The molecular formula is C19H23N5O2. The van der Waals surface area contributed by atoms with Crippen LogP contribution in [0.25, 0.3) is 0 Å². The Balaban J connectivity index is 1.31. The molecule has 1 atom stereocenters. The van der Waals surface area contributed by atoms with Crippen LogP contribution >= 0.6 is 0 Å². The molecule has 7 heteroatoms. The summed E-state index contributed by atoms with van der Waals surface area (Å²) >= 11 is 0. The Labute approximate surface area is 152 Å². The van der Waals surface area contributed by atoms with E-state index in [1.54, 1.807) is 6.20 Å². The van der Waals surface area contributed by atoms with Crippen molar-refractivity contribution in [1.29, 1.82) is 0 Å². The summed E-state index contributed by atoms with van der Waals surface area (Å²) in [4.78, 5) is 26.1. The van der Waals surface area contributed by atoms with Gasteiger partial charge in [-0.25, -0.2) is 0 Å². The Hall–Kier alpha value is -2.44. The van der Waals surface area contributed by atoms with Gasteiger partial charge in [0, 0.05) is 44.5 Å². The molecule has 0 bridgehead atoms. The molecule has 0 N–H and O–H groups in total. The lowest BCUT2D eigenvalue weighted by Gasteiger charge is -2.39. The highest BCUT2D eigenvalue weighted by molar-refractivity contribution is 5.85. The van der Waals surface area contributed by atoms with E-state index < -0.39 is 0 Å². The van der Waals surface area contributed by atoms with Gasteiger partial charge in [0.05, 0.1) is 5.41 Å². The highest BCUT2D eigenvalue weighted by Crippen LogP contribution is 2.43. The molecule has 2 aromatic rings. The fourth-order valence-corrected chi connectivity index (χ4v) is 4.29. The van der Waals surface area contributed by atoms with Crippen molar-refractivity contribution < 1.29 is 9.32 Å². The molecule has 1 amide bonds.